The number of aromatic nitrogens is 2. The minimum Gasteiger partial charge on any atom is -0.302 e. The summed E-state index contributed by atoms with van der Waals surface area (Å²) in [5.41, 5.74) is 0.909. The predicted molar refractivity (Wildman–Crippen MR) is 104 cm³/mol. The van der Waals surface area contributed by atoms with Gasteiger partial charge < -0.3 is 5.32 Å². The van der Waals surface area contributed by atoms with E-state index >= 15 is 0 Å². The van der Waals surface area contributed by atoms with E-state index in [1.54, 1.807) is 3.96 Å². The Balaban J connectivity index is 1.36. The van der Waals surface area contributed by atoms with E-state index in [1.165, 1.54) is 22.9 Å². The fourth-order valence-corrected chi connectivity index (χ4v) is 4.57. The highest BCUT2D eigenvalue weighted by Crippen LogP contribution is 2.25. The molecule has 0 aliphatic carbocycles. The van der Waals surface area contributed by atoms with E-state index in [0.29, 0.717) is 24.5 Å². The predicted octanol–water partition coefficient (Wildman–Crippen LogP) is 4.09. The molecule has 1 N–H and O–H groups in total. The summed E-state index contributed by atoms with van der Waals surface area (Å²) in [6, 6.07) is 15.4. The topological polar surface area (TPSA) is 64.0 Å². The molecule has 2 aromatic carbocycles. The third-order valence-electron chi connectivity index (χ3n) is 3.86. The van der Waals surface area contributed by atoms with E-state index in [2.05, 4.69) is 10.3 Å². The Kier molecular flexibility index (Phi) is 4.33. The van der Waals surface area contributed by atoms with Crippen LogP contribution in [-0.4, -0.2) is 14.8 Å². The van der Waals surface area contributed by atoms with E-state index in [4.69, 9.17) is 0 Å². The number of rotatable bonds is 5. The Bertz CT molecular complexity index is 1080. The number of carbonyl (C=O) groups excluding carboxylic acids is 1. The number of amides is 1. The van der Waals surface area contributed by atoms with Crippen LogP contribution in [0.25, 0.3) is 20.3 Å². The second kappa shape index (κ2) is 6.78. The lowest BCUT2D eigenvalue weighted by atomic mass is 10.3. The molecule has 0 saturated heterocycles. The number of hydrogen-bond donors (Lipinski definition) is 1. The van der Waals surface area contributed by atoms with E-state index in [-0.39, 0.29) is 11.5 Å². The van der Waals surface area contributed by atoms with Crippen molar-refractivity contribution in [1.29, 1.82) is 0 Å². The van der Waals surface area contributed by atoms with Gasteiger partial charge in [0.2, 0.25) is 5.91 Å². The number of carbonyl (C=O) groups is 1. The van der Waals surface area contributed by atoms with Gasteiger partial charge in [0.15, 0.2) is 5.13 Å². The molecule has 0 radical (unpaired) electrons. The second-order valence-electron chi connectivity index (χ2n) is 5.63. The zero-order valence-corrected chi connectivity index (χ0v) is 14.9. The third kappa shape index (κ3) is 3.33. The van der Waals surface area contributed by atoms with Gasteiger partial charge in [0.25, 0.3) is 5.56 Å². The molecule has 2 heterocycles. The van der Waals surface area contributed by atoms with Crippen molar-refractivity contribution < 1.29 is 4.79 Å². The van der Waals surface area contributed by atoms with Crippen LogP contribution in [0.2, 0.25) is 0 Å². The summed E-state index contributed by atoms with van der Waals surface area (Å²) in [5.74, 6) is -0.0757. The first kappa shape index (κ1) is 16.0. The van der Waals surface area contributed by atoms with Gasteiger partial charge in [-0.05, 0) is 30.7 Å². The van der Waals surface area contributed by atoms with E-state index in [1.807, 2.05) is 48.5 Å². The van der Waals surface area contributed by atoms with Crippen LogP contribution in [0, 0.1) is 0 Å². The standard InChI is InChI=1S/C18H15N3O2S2/c22-16(20-18-19-13-7-2-4-9-15(13)24-18)10-5-11-21-17(23)12-6-1-3-8-14(12)25-21/h1-4,6-9H,5,10-11H2,(H,19,20,22). The van der Waals surface area contributed by atoms with Gasteiger partial charge in [0.1, 0.15) is 0 Å². The number of nitrogens with one attached hydrogen (secondary N) is 1. The van der Waals surface area contributed by atoms with Crippen LogP contribution in [0.4, 0.5) is 5.13 Å². The van der Waals surface area contributed by atoms with Crippen molar-refractivity contribution >= 4 is 54.2 Å². The largest absolute Gasteiger partial charge is 0.302 e. The molecule has 1 amide bonds. The maximum atomic E-state index is 12.3. The Hall–Kier alpha value is -2.51. The van der Waals surface area contributed by atoms with Crippen molar-refractivity contribution in [3.8, 4) is 0 Å². The zero-order valence-electron chi connectivity index (χ0n) is 13.3. The summed E-state index contributed by atoms with van der Waals surface area (Å²) >= 11 is 2.91. The van der Waals surface area contributed by atoms with Gasteiger partial charge in [-0.3, -0.25) is 13.5 Å². The summed E-state index contributed by atoms with van der Waals surface area (Å²) in [6.45, 7) is 0.547. The van der Waals surface area contributed by atoms with Crippen molar-refractivity contribution in [1.82, 2.24) is 8.94 Å². The summed E-state index contributed by atoms with van der Waals surface area (Å²) in [5, 5.41) is 4.20. The lowest BCUT2D eigenvalue weighted by molar-refractivity contribution is -0.116. The first-order valence-electron chi connectivity index (χ1n) is 7.95. The Morgan fingerprint density at radius 2 is 1.84 bits per heavy atom. The Morgan fingerprint density at radius 3 is 2.64 bits per heavy atom. The summed E-state index contributed by atoms with van der Waals surface area (Å²) in [4.78, 5) is 28.8. The number of para-hydroxylation sites is 1. The quantitative estimate of drug-likeness (QED) is 0.576. The number of nitrogens with zero attached hydrogens (tertiary/aromatic N) is 2. The molecule has 0 unspecified atom stereocenters. The number of aryl methyl sites for hydroxylation is 1. The van der Waals surface area contributed by atoms with Crippen LogP contribution < -0.4 is 10.9 Å². The lowest BCUT2D eigenvalue weighted by Crippen LogP contribution is -2.16. The second-order valence-corrected chi connectivity index (χ2v) is 7.73. The highest BCUT2D eigenvalue weighted by atomic mass is 32.1. The third-order valence-corrected chi connectivity index (χ3v) is 5.93. The number of hydrogen-bond acceptors (Lipinski definition) is 5. The lowest BCUT2D eigenvalue weighted by Gasteiger charge is -2.02. The zero-order chi connectivity index (χ0) is 17.2. The molecular weight excluding hydrogens is 354 g/mol. The van der Waals surface area contributed by atoms with E-state index < -0.39 is 0 Å². The van der Waals surface area contributed by atoms with Gasteiger partial charge in [-0.1, -0.05) is 47.1 Å². The molecule has 0 spiro atoms. The van der Waals surface area contributed by atoms with Gasteiger partial charge in [0, 0.05) is 13.0 Å². The number of anilines is 1. The van der Waals surface area contributed by atoms with Gasteiger partial charge in [0.05, 0.1) is 20.3 Å². The van der Waals surface area contributed by atoms with Crippen molar-refractivity contribution in [2.45, 2.75) is 19.4 Å². The average molecular weight is 369 g/mol. The van der Waals surface area contributed by atoms with Gasteiger partial charge in [-0.2, -0.15) is 0 Å². The molecule has 0 aliphatic heterocycles. The molecule has 5 nitrogen and oxygen atoms in total. The fraction of sp³-hybridized carbons (Fsp3) is 0.167. The summed E-state index contributed by atoms with van der Waals surface area (Å²) in [6.07, 6.45) is 0.972. The molecule has 0 fully saturated rings. The van der Waals surface area contributed by atoms with Crippen LogP contribution in [0.15, 0.2) is 53.3 Å². The molecule has 2 aromatic heterocycles. The van der Waals surface area contributed by atoms with Gasteiger partial charge in [-0.15, -0.1) is 0 Å². The number of fused-ring (bicyclic) bond motifs is 2. The molecule has 7 heteroatoms. The molecule has 0 bridgehead atoms. The van der Waals surface area contributed by atoms with Crippen LogP contribution in [-0.2, 0) is 11.3 Å². The highest BCUT2D eigenvalue weighted by Gasteiger charge is 2.09. The minimum atomic E-state index is -0.0757. The summed E-state index contributed by atoms with van der Waals surface area (Å²) < 4.78 is 3.75. The van der Waals surface area contributed by atoms with Crippen LogP contribution in [0.1, 0.15) is 12.8 Å². The van der Waals surface area contributed by atoms with Crippen LogP contribution >= 0.6 is 22.9 Å². The molecule has 25 heavy (non-hydrogen) atoms. The number of thiazole rings is 1. The maximum absolute atomic E-state index is 12.3. The van der Waals surface area contributed by atoms with Gasteiger partial charge >= 0.3 is 0 Å². The monoisotopic (exact) mass is 369 g/mol. The molecule has 0 saturated carbocycles. The molecule has 126 valence electrons. The van der Waals surface area contributed by atoms with Crippen molar-refractivity contribution in [2.24, 2.45) is 0 Å². The van der Waals surface area contributed by atoms with Crippen molar-refractivity contribution in [2.75, 3.05) is 5.32 Å². The van der Waals surface area contributed by atoms with Crippen LogP contribution in [0.5, 0.6) is 0 Å². The first-order valence-corrected chi connectivity index (χ1v) is 9.54. The molecule has 4 aromatic rings. The Morgan fingerprint density at radius 1 is 1.08 bits per heavy atom. The normalized spacial score (nSPS) is 11.2. The minimum absolute atomic E-state index is 0.0205. The maximum Gasteiger partial charge on any atom is 0.268 e. The fourth-order valence-electron chi connectivity index (χ4n) is 2.66. The van der Waals surface area contributed by atoms with Crippen LogP contribution in [0.3, 0.4) is 0 Å². The molecule has 0 atom stereocenters. The average Bonchev–Trinajstić information content (AvgIpc) is 3.16. The smallest absolute Gasteiger partial charge is 0.268 e. The molecule has 0 aliphatic rings. The van der Waals surface area contributed by atoms with Crippen molar-refractivity contribution in [3.05, 3.63) is 58.9 Å². The van der Waals surface area contributed by atoms with Gasteiger partial charge in [-0.25, -0.2) is 4.98 Å². The highest BCUT2D eigenvalue weighted by molar-refractivity contribution is 7.22. The SMILES string of the molecule is O=C(CCCn1sc2ccccc2c1=O)Nc1nc2ccccc2s1. The summed E-state index contributed by atoms with van der Waals surface area (Å²) in [7, 11) is 0. The van der Waals surface area contributed by atoms with E-state index in [9.17, 15) is 9.59 Å². The number of benzene rings is 2. The first-order chi connectivity index (χ1) is 12.2. The van der Waals surface area contributed by atoms with Crippen molar-refractivity contribution in [3.63, 3.8) is 0 Å². The van der Waals surface area contributed by atoms with E-state index in [0.717, 1.165) is 20.3 Å². The Labute approximate surface area is 151 Å². The molecular formula is C18H15N3O2S2. The molecule has 4 rings (SSSR count).